The lowest BCUT2D eigenvalue weighted by atomic mass is 10.1. The van der Waals surface area contributed by atoms with Gasteiger partial charge < -0.3 is 14.8 Å². The molecule has 0 aromatic heterocycles. The third kappa shape index (κ3) is 6.20. The van der Waals surface area contributed by atoms with Crippen LogP contribution in [0.1, 0.15) is 43.9 Å². The lowest BCUT2D eigenvalue weighted by Crippen LogP contribution is -2.36. The molecular formula is C26H30N2O5S. The van der Waals surface area contributed by atoms with Crippen LogP contribution in [0.4, 0.5) is 10.5 Å². The number of aryl methyl sites for hydroxylation is 2. The number of rotatable bonds is 9. The highest BCUT2D eigenvalue weighted by Crippen LogP contribution is 2.35. The minimum Gasteiger partial charge on any atom is -0.490 e. The maximum atomic E-state index is 12.8. The molecule has 1 aliphatic rings. The van der Waals surface area contributed by atoms with Gasteiger partial charge in [-0.2, -0.15) is 0 Å². The fraction of sp³-hybridized carbons (Fsp3) is 0.346. The number of amides is 3. The van der Waals surface area contributed by atoms with E-state index in [1.165, 1.54) is 0 Å². The number of thioether (sulfide) groups is 1. The van der Waals surface area contributed by atoms with Crippen molar-refractivity contribution in [3.05, 3.63) is 58.0 Å². The minimum absolute atomic E-state index is 0.0385. The first-order valence-electron chi connectivity index (χ1n) is 11.3. The number of nitrogens with one attached hydrogen (secondary N) is 1. The second kappa shape index (κ2) is 11.2. The molecule has 1 fully saturated rings. The Labute approximate surface area is 204 Å². The van der Waals surface area contributed by atoms with Crippen LogP contribution in [0.15, 0.2) is 41.3 Å². The average molecular weight is 483 g/mol. The normalized spacial score (nSPS) is 15.6. The van der Waals surface area contributed by atoms with Gasteiger partial charge in [-0.3, -0.25) is 19.3 Å². The molecule has 0 spiro atoms. The zero-order valence-electron chi connectivity index (χ0n) is 20.1. The van der Waals surface area contributed by atoms with E-state index in [2.05, 4.69) is 5.32 Å². The van der Waals surface area contributed by atoms with Crippen LogP contribution in [-0.4, -0.2) is 41.2 Å². The summed E-state index contributed by atoms with van der Waals surface area (Å²) in [4.78, 5) is 39.0. The van der Waals surface area contributed by atoms with Gasteiger partial charge in [-0.05, 0) is 92.9 Å². The average Bonchev–Trinajstić information content (AvgIpc) is 3.05. The van der Waals surface area contributed by atoms with Crippen LogP contribution in [0.25, 0.3) is 6.08 Å². The summed E-state index contributed by atoms with van der Waals surface area (Å²) in [7, 11) is 0. The number of imide groups is 1. The highest BCUT2D eigenvalue weighted by Gasteiger charge is 2.36. The van der Waals surface area contributed by atoms with Crippen molar-refractivity contribution in [2.75, 3.05) is 18.5 Å². The SMILES string of the molecule is CCOc1cc(/C=C2/SC(=O)N(CC(=O)Nc3ccc(C)c(C)c3)C2=O)ccc1O[C@H](C)CC. The van der Waals surface area contributed by atoms with Crippen LogP contribution in [-0.2, 0) is 9.59 Å². The summed E-state index contributed by atoms with van der Waals surface area (Å²) in [5, 5.41) is 2.27. The fourth-order valence-corrected chi connectivity index (χ4v) is 4.07. The third-order valence-electron chi connectivity index (χ3n) is 5.43. The number of hydrogen-bond donors (Lipinski definition) is 1. The molecule has 1 N–H and O–H groups in total. The van der Waals surface area contributed by atoms with Gasteiger partial charge in [-0.25, -0.2) is 0 Å². The van der Waals surface area contributed by atoms with E-state index in [0.717, 1.165) is 34.2 Å². The zero-order chi connectivity index (χ0) is 24.8. The molecule has 7 nitrogen and oxygen atoms in total. The molecule has 0 radical (unpaired) electrons. The zero-order valence-corrected chi connectivity index (χ0v) is 21.0. The van der Waals surface area contributed by atoms with Crippen molar-refractivity contribution in [3.63, 3.8) is 0 Å². The van der Waals surface area contributed by atoms with Crippen molar-refractivity contribution < 1.29 is 23.9 Å². The summed E-state index contributed by atoms with van der Waals surface area (Å²) in [6.45, 7) is 9.96. The van der Waals surface area contributed by atoms with Crippen LogP contribution in [0, 0.1) is 13.8 Å². The molecule has 1 atom stereocenters. The second-order valence-electron chi connectivity index (χ2n) is 8.09. The van der Waals surface area contributed by atoms with Crippen LogP contribution in [0.3, 0.4) is 0 Å². The van der Waals surface area contributed by atoms with Crippen LogP contribution in [0.2, 0.25) is 0 Å². The number of carbonyl (C=O) groups excluding carboxylic acids is 3. The van der Waals surface area contributed by atoms with Crippen molar-refractivity contribution in [1.29, 1.82) is 0 Å². The molecule has 3 rings (SSSR count). The molecule has 2 aromatic rings. The first-order chi connectivity index (χ1) is 16.2. The fourth-order valence-electron chi connectivity index (χ4n) is 3.23. The highest BCUT2D eigenvalue weighted by molar-refractivity contribution is 8.18. The second-order valence-corrected chi connectivity index (χ2v) is 9.08. The number of carbonyl (C=O) groups is 3. The summed E-state index contributed by atoms with van der Waals surface area (Å²) < 4.78 is 11.6. The Morgan fingerprint density at radius 1 is 1.09 bits per heavy atom. The molecule has 3 amide bonds. The molecule has 0 bridgehead atoms. The predicted molar refractivity (Wildman–Crippen MR) is 135 cm³/mol. The van der Waals surface area contributed by atoms with Gasteiger partial charge in [-0.15, -0.1) is 0 Å². The molecule has 1 saturated heterocycles. The number of benzene rings is 2. The maximum Gasteiger partial charge on any atom is 0.294 e. The van der Waals surface area contributed by atoms with Crippen molar-refractivity contribution >= 4 is 40.6 Å². The van der Waals surface area contributed by atoms with E-state index < -0.39 is 17.1 Å². The molecule has 0 aliphatic carbocycles. The van der Waals surface area contributed by atoms with E-state index in [1.807, 2.05) is 46.8 Å². The van der Waals surface area contributed by atoms with E-state index in [0.29, 0.717) is 29.4 Å². The Bertz CT molecular complexity index is 1130. The third-order valence-corrected chi connectivity index (χ3v) is 6.34. The summed E-state index contributed by atoms with van der Waals surface area (Å²) in [5.41, 5.74) is 3.48. The largest absolute Gasteiger partial charge is 0.490 e. The Balaban J connectivity index is 1.72. The lowest BCUT2D eigenvalue weighted by Gasteiger charge is -2.16. The Morgan fingerprint density at radius 3 is 2.53 bits per heavy atom. The van der Waals surface area contributed by atoms with Gasteiger partial charge in [0.25, 0.3) is 11.1 Å². The van der Waals surface area contributed by atoms with Crippen molar-refractivity contribution in [2.24, 2.45) is 0 Å². The Morgan fingerprint density at radius 2 is 1.85 bits per heavy atom. The van der Waals surface area contributed by atoms with Crippen molar-refractivity contribution in [1.82, 2.24) is 4.90 Å². The van der Waals surface area contributed by atoms with Gasteiger partial charge in [-0.1, -0.05) is 19.1 Å². The number of ether oxygens (including phenoxy) is 2. The van der Waals surface area contributed by atoms with Crippen LogP contribution in [0.5, 0.6) is 11.5 Å². The summed E-state index contributed by atoms with van der Waals surface area (Å²) >= 11 is 0.813. The number of hydrogen-bond acceptors (Lipinski definition) is 6. The predicted octanol–water partition coefficient (Wildman–Crippen LogP) is 5.55. The number of anilines is 1. The molecular weight excluding hydrogens is 452 g/mol. The summed E-state index contributed by atoms with van der Waals surface area (Å²) in [6, 6.07) is 10.9. The van der Waals surface area contributed by atoms with E-state index in [-0.39, 0.29) is 17.6 Å². The van der Waals surface area contributed by atoms with E-state index in [9.17, 15) is 14.4 Å². The molecule has 0 unspecified atom stereocenters. The Kier molecular flexibility index (Phi) is 8.39. The number of nitrogens with zero attached hydrogens (tertiary/aromatic N) is 1. The molecule has 0 saturated carbocycles. The summed E-state index contributed by atoms with van der Waals surface area (Å²) in [5.74, 6) is 0.271. The molecule has 1 heterocycles. The van der Waals surface area contributed by atoms with Crippen LogP contribution >= 0.6 is 11.8 Å². The van der Waals surface area contributed by atoms with Gasteiger partial charge in [0.2, 0.25) is 5.91 Å². The van der Waals surface area contributed by atoms with Gasteiger partial charge in [0.1, 0.15) is 6.54 Å². The van der Waals surface area contributed by atoms with Gasteiger partial charge in [0.15, 0.2) is 11.5 Å². The Hall–Kier alpha value is -3.26. The maximum absolute atomic E-state index is 12.8. The van der Waals surface area contributed by atoms with Crippen molar-refractivity contribution in [2.45, 2.75) is 47.1 Å². The smallest absolute Gasteiger partial charge is 0.294 e. The van der Waals surface area contributed by atoms with E-state index in [1.54, 1.807) is 30.3 Å². The summed E-state index contributed by atoms with van der Waals surface area (Å²) in [6.07, 6.45) is 2.52. The van der Waals surface area contributed by atoms with E-state index >= 15 is 0 Å². The molecule has 180 valence electrons. The first kappa shape index (κ1) is 25.4. The van der Waals surface area contributed by atoms with E-state index in [4.69, 9.17) is 9.47 Å². The van der Waals surface area contributed by atoms with Gasteiger partial charge in [0, 0.05) is 5.69 Å². The van der Waals surface area contributed by atoms with Crippen molar-refractivity contribution in [3.8, 4) is 11.5 Å². The molecule has 8 heteroatoms. The highest BCUT2D eigenvalue weighted by atomic mass is 32.2. The quantitative estimate of drug-likeness (QED) is 0.472. The molecule has 2 aromatic carbocycles. The van der Waals surface area contributed by atoms with Crippen LogP contribution < -0.4 is 14.8 Å². The van der Waals surface area contributed by atoms with Gasteiger partial charge in [0.05, 0.1) is 17.6 Å². The molecule has 34 heavy (non-hydrogen) atoms. The van der Waals surface area contributed by atoms with Gasteiger partial charge >= 0.3 is 0 Å². The standard InChI is InChI=1S/C26H30N2O5S/c1-6-18(5)33-21-11-9-19(13-22(21)32-7-2)14-23-25(30)28(26(31)34-23)15-24(29)27-20-10-8-16(3)17(4)12-20/h8-14,18H,6-7,15H2,1-5H3,(H,27,29)/b23-14+/t18-/m1/s1. The topological polar surface area (TPSA) is 84.9 Å². The minimum atomic E-state index is -0.497. The first-order valence-corrected chi connectivity index (χ1v) is 12.1. The molecule has 1 aliphatic heterocycles. The monoisotopic (exact) mass is 482 g/mol. The lowest BCUT2D eigenvalue weighted by molar-refractivity contribution is -0.127.